The summed E-state index contributed by atoms with van der Waals surface area (Å²) in [5.74, 6) is -1.57. The molecular weight excluding hydrogens is 538 g/mol. The number of aromatic hydroxyl groups is 1. The number of rotatable bonds is 7. The Labute approximate surface area is 245 Å². The minimum Gasteiger partial charge on any atom is -0.506 e. The molecule has 7 N–H and O–H groups in total. The third kappa shape index (κ3) is 8.89. The second kappa shape index (κ2) is 12.5. The van der Waals surface area contributed by atoms with Gasteiger partial charge in [0, 0.05) is 28.7 Å². The molecule has 0 saturated carbocycles. The van der Waals surface area contributed by atoms with Crippen molar-refractivity contribution < 1.29 is 19.3 Å². The molecule has 4 rings (SSSR count). The average molecular weight is 577 g/mol. The fourth-order valence-corrected chi connectivity index (χ4v) is 5.58. The lowest BCUT2D eigenvalue weighted by Gasteiger charge is -2.46. The molecule has 0 bridgehead atoms. The van der Waals surface area contributed by atoms with Gasteiger partial charge in [-0.15, -0.1) is 0 Å². The summed E-state index contributed by atoms with van der Waals surface area (Å²) in [5, 5.41) is 23.1. The van der Waals surface area contributed by atoms with E-state index in [0.717, 1.165) is 5.69 Å². The number of phenolic OH excluding ortho intramolecular Hbond substituents is 1. The molecule has 1 aliphatic heterocycles. The Morgan fingerprint density at radius 2 is 1.66 bits per heavy atom. The fourth-order valence-electron chi connectivity index (χ4n) is 5.35. The molecule has 2 aromatic carbocycles. The molecule has 0 spiro atoms. The highest BCUT2D eigenvalue weighted by molar-refractivity contribution is 7.80. The van der Waals surface area contributed by atoms with E-state index in [1.54, 1.807) is 12.1 Å². The van der Waals surface area contributed by atoms with Gasteiger partial charge in [-0.2, -0.15) is 4.57 Å². The number of carbonyl (C=O) groups is 2. The van der Waals surface area contributed by atoms with Gasteiger partial charge in [-0.05, 0) is 77.0 Å². The Morgan fingerprint density at radius 3 is 2.37 bits per heavy atom. The first-order valence-electron chi connectivity index (χ1n) is 13.5. The van der Waals surface area contributed by atoms with Gasteiger partial charge < -0.3 is 26.4 Å². The highest BCUT2D eigenvalue weighted by atomic mass is 32.1. The van der Waals surface area contributed by atoms with Crippen LogP contribution in [0.1, 0.15) is 46.1 Å². The molecular formula is C30H38N7O3S+. The van der Waals surface area contributed by atoms with Crippen molar-refractivity contribution in [3.63, 3.8) is 0 Å². The Hall–Kier alpha value is -4.22. The molecule has 0 unspecified atom stereocenters. The van der Waals surface area contributed by atoms with Crippen LogP contribution in [0.2, 0.25) is 0 Å². The van der Waals surface area contributed by atoms with Crippen LogP contribution >= 0.6 is 12.2 Å². The van der Waals surface area contributed by atoms with E-state index >= 15 is 0 Å². The fraction of sp³-hybridized carbons (Fsp3) is 0.333. The van der Waals surface area contributed by atoms with E-state index < -0.39 is 11.8 Å². The second-order valence-corrected chi connectivity index (χ2v) is 12.0. The van der Waals surface area contributed by atoms with Crippen LogP contribution in [0.15, 0.2) is 73.1 Å². The van der Waals surface area contributed by atoms with Crippen molar-refractivity contribution in [2.24, 2.45) is 0 Å². The van der Waals surface area contributed by atoms with Crippen LogP contribution in [0.25, 0.3) is 0 Å². The predicted octanol–water partition coefficient (Wildman–Crippen LogP) is 3.41. The maximum atomic E-state index is 12.6. The number of nitrogens with one attached hydrogen (secondary N) is 6. The first-order chi connectivity index (χ1) is 19.4. The minimum atomic E-state index is -0.813. The topological polar surface area (TPSA) is 130 Å². The number of benzene rings is 2. The average Bonchev–Trinajstić information content (AvgIpc) is 2.88. The zero-order valence-corrected chi connectivity index (χ0v) is 24.6. The van der Waals surface area contributed by atoms with E-state index in [4.69, 9.17) is 12.2 Å². The first kappa shape index (κ1) is 29.8. The van der Waals surface area contributed by atoms with Gasteiger partial charge in [-0.3, -0.25) is 20.4 Å². The van der Waals surface area contributed by atoms with Gasteiger partial charge in [0.15, 0.2) is 24.1 Å². The molecule has 41 heavy (non-hydrogen) atoms. The summed E-state index contributed by atoms with van der Waals surface area (Å²) in [4.78, 5) is 25.0. The zero-order valence-electron chi connectivity index (χ0n) is 23.7. The normalized spacial score (nSPS) is 15.8. The molecule has 2 amide bonds. The van der Waals surface area contributed by atoms with E-state index in [-0.39, 0.29) is 28.0 Å². The van der Waals surface area contributed by atoms with E-state index in [0.29, 0.717) is 30.8 Å². The Morgan fingerprint density at radius 1 is 0.951 bits per heavy atom. The van der Waals surface area contributed by atoms with Crippen molar-refractivity contribution in [1.82, 2.24) is 16.1 Å². The number of hydrazine groups is 1. The number of amides is 2. The zero-order chi connectivity index (χ0) is 29.6. The van der Waals surface area contributed by atoms with E-state index in [2.05, 4.69) is 71.9 Å². The molecule has 1 saturated heterocycles. The molecule has 1 aromatic heterocycles. The van der Waals surface area contributed by atoms with Crippen molar-refractivity contribution in [3.05, 3.63) is 78.6 Å². The number of aromatic nitrogens is 1. The molecule has 2 heterocycles. The molecule has 1 fully saturated rings. The summed E-state index contributed by atoms with van der Waals surface area (Å²) in [5.41, 5.74) is 7.52. The molecule has 3 aromatic rings. The summed E-state index contributed by atoms with van der Waals surface area (Å²) < 4.78 is 2.04. The predicted molar refractivity (Wildman–Crippen MR) is 164 cm³/mol. The summed E-state index contributed by atoms with van der Waals surface area (Å²) in [6.07, 6.45) is 5.32. The number of nitrogens with zero attached hydrogens (tertiary/aromatic N) is 1. The van der Waals surface area contributed by atoms with E-state index in [1.807, 2.05) is 47.3 Å². The lowest BCUT2D eigenvalue weighted by Crippen LogP contribution is -2.63. The van der Waals surface area contributed by atoms with Gasteiger partial charge in [0.1, 0.15) is 11.4 Å². The molecule has 1 aliphatic rings. The summed E-state index contributed by atoms with van der Waals surface area (Å²) in [6.45, 7) is 9.02. The molecule has 0 radical (unpaired) electrons. The number of pyridine rings is 1. The van der Waals surface area contributed by atoms with Crippen molar-refractivity contribution >= 4 is 46.2 Å². The van der Waals surface area contributed by atoms with Gasteiger partial charge in [-0.1, -0.05) is 30.3 Å². The number of piperidine rings is 1. The van der Waals surface area contributed by atoms with Crippen molar-refractivity contribution in [3.8, 4) is 5.75 Å². The Kier molecular flexibility index (Phi) is 9.09. The van der Waals surface area contributed by atoms with Gasteiger partial charge in [0.25, 0.3) is 0 Å². The molecule has 216 valence electrons. The number of thiocarbonyl (C=S) groups is 1. The SMILES string of the molecule is CC1(C)CC(NC(=O)C(=O)NNc2ccc(O)c(NC(=S)Nc3ccc[n+](Cc4ccccc4)c3)c2)CC(C)(C)N1. The standard InChI is InChI=1S/C30H37N7O3S/c1-29(2)16-23(17-30(3,4)36-29)31-26(39)27(40)35-34-21-12-13-25(38)24(15-21)33-28(41)32-22-11-8-14-37(19-22)18-20-9-6-5-7-10-20/h5-15,19,23,36H,16-18H2,1-4H3,(H5-,31,32,33,34,35,38,39,40,41)/p+1. The molecule has 11 heteroatoms. The quantitative estimate of drug-likeness (QED) is 0.0569. The van der Waals surface area contributed by atoms with Gasteiger partial charge >= 0.3 is 11.8 Å². The maximum Gasteiger partial charge on any atom is 0.327 e. The van der Waals surface area contributed by atoms with Crippen molar-refractivity contribution in [2.45, 2.75) is 64.2 Å². The number of carbonyl (C=O) groups excluding carboxylic acids is 2. The highest BCUT2D eigenvalue weighted by Crippen LogP contribution is 2.29. The lowest BCUT2D eigenvalue weighted by atomic mass is 9.79. The van der Waals surface area contributed by atoms with Gasteiger partial charge in [0.05, 0.1) is 11.4 Å². The van der Waals surface area contributed by atoms with Crippen LogP contribution < -0.4 is 36.7 Å². The van der Waals surface area contributed by atoms with Crippen molar-refractivity contribution in [2.75, 3.05) is 16.1 Å². The van der Waals surface area contributed by atoms with Crippen LogP contribution in [0.5, 0.6) is 5.75 Å². The largest absolute Gasteiger partial charge is 0.506 e. The van der Waals surface area contributed by atoms with E-state index in [9.17, 15) is 14.7 Å². The van der Waals surface area contributed by atoms with Crippen LogP contribution in [0, 0.1) is 0 Å². The van der Waals surface area contributed by atoms with Crippen LogP contribution in [0.4, 0.5) is 17.1 Å². The minimum absolute atomic E-state index is 0.0351. The molecule has 0 atom stereocenters. The third-order valence-electron chi connectivity index (χ3n) is 6.62. The molecule has 0 aliphatic carbocycles. The van der Waals surface area contributed by atoms with E-state index in [1.165, 1.54) is 11.6 Å². The Bertz CT molecular complexity index is 1400. The Balaban J connectivity index is 1.30. The van der Waals surface area contributed by atoms with Gasteiger partial charge in [0.2, 0.25) is 0 Å². The number of phenols is 1. The number of hydrogen-bond acceptors (Lipinski definition) is 6. The lowest BCUT2D eigenvalue weighted by molar-refractivity contribution is -0.687. The smallest absolute Gasteiger partial charge is 0.327 e. The third-order valence-corrected chi connectivity index (χ3v) is 6.82. The van der Waals surface area contributed by atoms with Crippen molar-refractivity contribution in [1.29, 1.82) is 0 Å². The van der Waals surface area contributed by atoms with Crippen LogP contribution in [-0.2, 0) is 16.1 Å². The summed E-state index contributed by atoms with van der Waals surface area (Å²) in [6, 6.07) is 18.4. The first-order valence-corrected chi connectivity index (χ1v) is 13.9. The summed E-state index contributed by atoms with van der Waals surface area (Å²) >= 11 is 5.45. The monoisotopic (exact) mass is 576 g/mol. The van der Waals surface area contributed by atoms with Crippen LogP contribution in [0.3, 0.4) is 0 Å². The number of anilines is 3. The summed E-state index contributed by atoms with van der Waals surface area (Å²) in [7, 11) is 0. The second-order valence-electron chi connectivity index (χ2n) is 11.6. The highest BCUT2D eigenvalue weighted by Gasteiger charge is 2.38. The maximum absolute atomic E-state index is 12.6. The van der Waals surface area contributed by atoms with Gasteiger partial charge in [-0.25, -0.2) is 0 Å². The van der Waals surface area contributed by atoms with Crippen LogP contribution in [-0.4, -0.2) is 39.2 Å². The molecule has 10 nitrogen and oxygen atoms in total. The number of hydrogen-bond donors (Lipinski definition) is 7.